The fourth-order valence-corrected chi connectivity index (χ4v) is 1.22. The molecule has 0 spiro atoms. The molecular formula is C15H24O6. The van der Waals surface area contributed by atoms with Crippen LogP contribution < -0.4 is 0 Å². The highest BCUT2D eigenvalue weighted by Crippen LogP contribution is 2.18. The Balaban J connectivity index is 4.07. The molecule has 0 aliphatic heterocycles. The van der Waals surface area contributed by atoms with Crippen molar-refractivity contribution >= 4 is 11.9 Å². The molecular weight excluding hydrogens is 276 g/mol. The van der Waals surface area contributed by atoms with Gasteiger partial charge in [-0.1, -0.05) is 27.0 Å². The molecule has 0 aromatic rings. The first-order valence-electron chi connectivity index (χ1n) is 6.59. The van der Waals surface area contributed by atoms with Crippen LogP contribution >= 0.6 is 0 Å². The maximum Gasteiger partial charge on any atom is 0.332 e. The number of hydrogen-bond donors (Lipinski definition) is 0. The molecule has 6 heteroatoms. The van der Waals surface area contributed by atoms with Gasteiger partial charge in [0, 0.05) is 17.6 Å². The second-order valence-corrected chi connectivity index (χ2v) is 5.20. The van der Waals surface area contributed by atoms with Crippen LogP contribution in [0.5, 0.6) is 0 Å². The van der Waals surface area contributed by atoms with Gasteiger partial charge in [0.1, 0.15) is 0 Å². The molecule has 2 atom stereocenters. The van der Waals surface area contributed by atoms with E-state index >= 15 is 0 Å². The first kappa shape index (κ1) is 19.3. The van der Waals surface area contributed by atoms with E-state index in [2.05, 4.69) is 13.2 Å². The largest absolute Gasteiger partial charge is 0.433 e. The van der Waals surface area contributed by atoms with Crippen molar-refractivity contribution in [3.8, 4) is 0 Å². The van der Waals surface area contributed by atoms with Crippen LogP contribution in [0.4, 0.5) is 0 Å². The van der Waals surface area contributed by atoms with Crippen LogP contribution in [0.15, 0.2) is 25.3 Å². The van der Waals surface area contributed by atoms with Crippen LogP contribution in [-0.2, 0) is 28.5 Å². The van der Waals surface area contributed by atoms with Crippen molar-refractivity contribution in [1.82, 2.24) is 0 Å². The van der Waals surface area contributed by atoms with Gasteiger partial charge in [0.05, 0.1) is 13.2 Å². The number of hydrogen-bond acceptors (Lipinski definition) is 6. The number of ether oxygens (including phenoxy) is 4. The highest BCUT2D eigenvalue weighted by atomic mass is 16.7. The SMILES string of the molecule is C=CC(=O)OC(C)OCC(C)(C)COC(C)OC(=O)C=C. The van der Waals surface area contributed by atoms with Crippen molar-refractivity contribution in [2.45, 2.75) is 40.3 Å². The number of carbonyl (C=O) groups is 2. The Hall–Kier alpha value is -1.66. The normalized spacial score (nSPS) is 13.9. The summed E-state index contributed by atoms with van der Waals surface area (Å²) in [5, 5.41) is 0. The van der Waals surface area contributed by atoms with Gasteiger partial charge >= 0.3 is 11.9 Å². The van der Waals surface area contributed by atoms with Crippen molar-refractivity contribution in [3.63, 3.8) is 0 Å². The monoisotopic (exact) mass is 300 g/mol. The third kappa shape index (κ3) is 9.81. The van der Waals surface area contributed by atoms with E-state index in [0.29, 0.717) is 13.2 Å². The predicted molar refractivity (Wildman–Crippen MR) is 77.2 cm³/mol. The molecule has 0 aliphatic carbocycles. The van der Waals surface area contributed by atoms with Gasteiger partial charge in [-0.25, -0.2) is 9.59 Å². The van der Waals surface area contributed by atoms with E-state index in [0.717, 1.165) is 12.2 Å². The summed E-state index contributed by atoms with van der Waals surface area (Å²) in [6.07, 6.45) is 0.796. The van der Waals surface area contributed by atoms with E-state index in [-0.39, 0.29) is 5.41 Å². The second kappa shape index (κ2) is 9.31. The molecule has 21 heavy (non-hydrogen) atoms. The molecule has 0 saturated heterocycles. The zero-order chi connectivity index (χ0) is 16.5. The summed E-state index contributed by atoms with van der Waals surface area (Å²) in [5.74, 6) is -1.08. The van der Waals surface area contributed by atoms with E-state index in [1.54, 1.807) is 13.8 Å². The lowest BCUT2D eigenvalue weighted by molar-refractivity contribution is -0.187. The van der Waals surface area contributed by atoms with Crippen LogP contribution in [0.1, 0.15) is 27.7 Å². The molecule has 6 nitrogen and oxygen atoms in total. The van der Waals surface area contributed by atoms with Crippen molar-refractivity contribution in [1.29, 1.82) is 0 Å². The molecule has 0 aromatic carbocycles. The van der Waals surface area contributed by atoms with Crippen LogP contribution in [0.2, 0.25) is 0 Å². The predicted octanol–water partition coefficient (Wildman–Crippen LogP) is 2.20. The van der Waals surface area contributed by atoms with Crippen molar-refractivity contribution in [2.75, 3.05) is 13.2 Å². The maximum absolute atomic E-state index is 11.0. The van der Waals surface area contributed by atoms with Crippen molar-refractivity contribution < 1.29 is 28.5 Å². The zero-order valence-corrected chi connectivity index (χ0v) is 13.1. The minimum absolute atomic E-state index is 0.306. The van der Waals surface area contributed by atoms with E-state index in [1.165, 1.54) is 0 Å². The third-order valence-corrected chi connectivity index (χ3v) is 2.32. The summed E-state index contributed by atoms with van der Waals surface area (Å²) in [6.45, 7) is 14.3. The Kier molecular flexibility index (Phi) is 8.57. The molecule has 0 radical (unpaired) electrons. The molecule has 0 saturated carbocycles. The smallest absolute Gasteiger partial charge is 0.332 e. The standard InChI is InChI=1S/C15H24O6/c1-7-13(16)20-11(3)18-9-15(5,6)10-19-12(4)21-14(17)8-2/h7-8,11-12H,1-2,9-10H2,3-6H3. The Morgan fingerprint density at radius 2 is 1.29 bits per heavy atom. The Labute approximate surface area is 125 Å². The average Bonchev–Trinajstić information content (AvgIpc) is 2.43. The van der Waals surface area contributed by atoms with Crippen LogP contribution in [0.3, 0.4) is 0 Å². The van der Waals surface area contributed by atoms with Gasteiger partial charge in [-0.05, 0) is 13.8 Å². The lowest BCUT2D eigenvalue weighted by Crippen LogP contribution is -2.31. The molecule has 0 amide bonds. The van der Waals surface area contributed by atoms with Crippen molar-refractivity contribution in [2.24, 2.45) is 5.41 Å². The summed E-state index contributed by atoms with van der Waals surface area (Å²) < 4.78 is 20.6. The summed E-state index contributed by atoms with van der Waals surface area (Å²) in [7, 11) is 0. The van der Waals surface area contributed by atoms with Gasteiger partial charge in [-0.3, -0.25) is 0 Å². The highest BCUT2D eigenvalue weighted by molar-refractivity contribution is 5.81. The van der Waals surface area contributed by atoms with E-state index in [4.69, 9.17) is 18.9 Å². The molecule has 0 aromatic heterocycles. The summed E-state index contributed by atoms with van der Waals surface area (Å²) >= 11 is 0. The van der Waals surface area contributed by atoms with Crippen LogP contribution in [0.25, 0.3) is 0 Å². The average molecular weight is 300 g/mol. The van der Waals surface area contributed by atoms with Crippen LogP contribution in [0, 0.1) is 5.41 Å². The number of rotatable bonds is 10. The quantitative estimate of drug-likeness (QED) is 0.350. The van der Waals surface area contributed by atoms with Gasteiger partial charge in [0.25, 0.3) is 0 Å². The van der Waals surface area contributed by atoms with Gasteiger partial charge < -0.3 is 18.9 Å². The lowest BCUT2D eigenvalue weighted by Gasteiger charge is -2.27. The molecule has 0 heterocycles. The first-order valence-corrected chi connectivity index (χ1v) is 6.59. The molecule has 0 aliphatic rings. The molecule has 0 N–H and O–H groups in total. The minimum Gasteiger partial charge on any atom is -0.433 e. The summed E-state index contributed by atoms with van der Waals surface area (Å²) in [5.41, 5.74) is -0.344. The summed E-state index contributed by atoms with van der Waals surface area (Å²) in [4.78, 5) is 22.0. The van der Waals surface area contributed by atoms with Gasteiger partial charge in [-0.2, -0.15) is 0 Å². The highest BCUT2D eigenvalue weighted by Gasteiger charge is 2.22. The van der Waals surface area contributed by atoms with E-state index in [1.807, 2.05) is 13.8 Å². The third-order valence-electron chi connectivity index (χ3n) is 2.32. The lowest BCUT2D eigenvalue weighted by atomic mass is 9.96. The molecule has 0 bridgehead atoms. The second-order valence-electron chi connectivity index (χ2n) is 5.20. The zero-order valence-electron chi connectivity index (χ0n) is 13.1. The molecule has 0 rings (SSSR count). The topological polar surface area (TPSA) is 71.1 Å². The van der Waals surface area contributed by atoms with Crippen molar-refractivity contribution in [3.05, 3.63) is 25.3 Å². The maximum atomic E-state index is 11.0. The number of carbonyl (C=O) groups excluding carboxylic acids is 2. The fourth-order valence-electron chi connectivity index (χ4n) is 1.22. The van der Waals surface area contributed by atoms with E-state index < -0.39 is 24.5 Å². The number of esters is 2. The Morgan fingerprint density at radius 1 is 0.952 bits per heavy atom. The Morgan fingerprint density at radius 3 is 1.57 bits per heavy atom. The van der Waals surface area contributed by atoms with E-state index in [9.17, 15) is 9.59 Å². The molecule has 0 fully saturated rings. The molecule has 2 unspecified atom stereocenters. The molecule has 120 valence electrons. The van der Waals surface area contributed by atoms with Crippen LogP contribution in [-0.4, -0.2) is 37.7 Å². The fraction of sp³-hybridized carbons (Fsp3) is 0.600. The van der Waals surface area contributed by atoms with Gasteiger partial charge in [-0.15, -0.1) is 0 Å². The Bertz CT molecular complexity index is 340. The van der Waals surface area contributed by atoms with Gasteiger partial charge in [0.2, 0.25) is 0 Å². The minimum atomic E-state index is -0.675. The first-order chi connectivity index (χ1) is 9.70. The van der Waals surface area contributed by atoms with Gasteiger partial charge in [0.15, 0.2) is 12.6 Å². The summed E-state index contributed by atoms with van der Waals surface area (Å²) in [6, 6.07) is 0.